The molecule has 0 aliphatic heterocycles. The molecule has 0 amide bonds. The second kappa shape index (κ2) is 12.2. The highest BCUT2D eigenvalue weighted by Gasteiger charge is 2.16. The number of aliphatic hydroxyl groups excluding tert-OH is 1. The van der Waals surface area contributed by atoms with Gasteiger partial charge in [0.15, 0.2) is 5.96 Å². The van der Waals surface area contributed by atoms with Crippen LogP contribution in [0.15, 0.2) is 47.6 Å². The number of aromatic nitrogens is 1. The first-order valence-corrected chi connectivity index (χ1v) is 10.9. The summed E-state index contributed by atoms with van der Waals surface area (Å²) in [5.41, 5.74) is 1.52. The standard InChI is InChI=1S/C23H30F2N4O3/c1-2-26-23(29-15-20(30)17-8-10-19(11-9-17)32-22(24)25)28-14-16-7-12-21(27-13-16)31-18-5-3-4-6-18/h7-13,18,20,22,30H,2-6,14-15H2,1H3,(H2,26,28,29). The molecule has 0 spiro atoms. The minimum absolute atomic E-state index is 0.0482. The fourth-order valence-corrected chi connectivity index (χ4v) is 3.45. The summed E-state index contributed by atoms with van der Waals surface area (Å²) in [6, 6.07) is 9.72. The van der Waals surface area contributed by atoms with Crippen molar-refractivity contribution >= 4 is 5.96 Å². The zero-order chi connectivity index (χ0) is 22.8. The van der Waals surface area contributed by atoms with E-state index >= 15 is 0 Å². The maximum atomic E-state index is 12.2. The van der Waals surface area contributed by atoms with Crippen LogP contribution in [0.2, 0.25) is 0 Å². The first-order valence-electron chi connectivity index (χ1n) is 10.9. The summed E-state index contributed by atoms with van der Waals surface area (Å²) in [7, 11) is 0. The number of hydrogen-bond donors (Lipinski definition) is 3. The SMILES string of the molecule is CCNC(=NCc1ccc(OC2CCCC2)nc1)NCC(O)c1ccc(OC(F)F)cc1. The van der Waals surface area contributed by atoms with Crippen molar-refractivity contribution in [3.05, 3.63) is 53.7 Å². The number of aliphatic imine (C=N–C) groups is 1. The lowest BCUT2D eigenvalue weighted by atomic mass is 10.1. The van der Waals surface area contributed by atoms with Crippen LogP contribution in [0.4, 0.5) is 8.78 Å². The van der Waals surface area contributed by atoms with Gasteiger partial charge in [-0.05, 0) is 55.9 Å². The van der Waals surface area contributed by atoms with Crippen LogP contribution in [0.3, 0.4) is 0 Å². The van der Waals surface area contributed by atoms with E-state index in [9.17, 15) is 13.9 Å². The van der Waals surface area contributed by atoms with Crippen LogP contribution < -0.4 is 20.1 Å². The minimum Gasteiger partial charge on any atom is -0.474 e. The number of rotatable bonds is 10. The lowest BCUT2D eigenvalue weighted by Gasteiger charge is -2.16. The molecular weight excluding hydrogens is 418 g/mol. The zero-order valence-corrected chi connectivity index (χ0v) is 18.1. The zero-order valence-electron chi connectivity index (χ0n) is 18.1. The van der Waals surface area contributed by atoms with Crippen LogP contribution in [-0.2, 0) is 6.54 Å². The topological polar surface area (TPSA) is 88.0 Å². The van der Waals surface area contributed by atoms with Gasteiger partial charge in [-0.2, -0.15) is 8.78 Å². The Balaban J connectivity index is 1.50. The summed E-state index contributed by atoms with van der Waals surface area (Å²) in [5, 5.41) is 16.6. The average molecular weight is 449 g/mol. The van der Waals surface area contributed by atoms with Crippen molar-refractivity contribution in [3.8, 4) is 11.6 Å². The van der Waals surface area contributed by atoms with Crippen molar-refractivity contribution in [3.63, 3.8) is 0 Å². The number of alkyl halides is 2. The normalized spacial score (nSPS) is 15.6. The average Bonchev–Trinajstić information content (AvgIpc) is 3.29. The Bertz CT molecular complexity index is 841. The van der Waals surface area contributed by atoms with E-state index in [1.54, 1.807) is 18.3 Å². The Hall–Kier alpha value is -2.94. The van der Waals surface area contributed by atoms with Crippen LogP contribution in [0.25, 0.3) is 0 Å². The molecule has 7 nitrogen and oxygen atoms in total. The third kappa shape index (κ3) is 7.64. The van der Waals surface area contributed by atoms with Crippen LogP contribution in [-0.4, -0.2) is 41.9 Å². The van der Waals surface area contributed by atoms with Gasteiger partial charge in [0.2, 0.25) is 5.88 Å². The molecule has 1 unspecified atom stereocenters. The Kier molecular flexibility index (Phi) is 9.03. The van der Waals surface area contributed by atoms with E-state index in [-0.39, 0.29) is 18.4 Å². The summed E-state index contributed by atoms with van der Waals surface area (Å²) in [6.45, 7) is 0.354. The van der Waals surface area contributed by atoms with Crippen LogP contribution in [0, 0.1) is 0 Å². The van der Waals surface area contributed by atoms with E-state index in [1.165, 1.54) is 25.0 Å². The van der Waals surface area contributed by atoms with Crippen molar-refractivity contribution in [2.24, 2.45) is 4.99 Å². The van der Waals surface area contributed by atoms with E-state index in [0.717, 1.165) is 18.4 Å². The minimum atomic E-state index is -2.88. The molecule has 1 atom stereocenters. The fraction of sp³-hybridized carbons (Fsp3) is 0.478. The summed E-state index contributed by atoms with van der Waals surface area (Å²) in [5.74, 6) is 1.24. The molecule has 0 bridgehead atoms. The number of nitrogens with zero attached hydrogens (tertiary/aromatic N) is 2. The largest absolute Gasteiger partial charge is 0.474 e. The third-order valence-electron chi connectivity index (χ3n) is 5.10. The van der Waals surface area contributed by atoms with Gasteiger partial charge < -0.3 is 25.2 Å². The predicted octanol–water partition coefficient (Wildman–Crippen LogP) is 3.79. The number of benzene rings is 1. The van der Waals surface area contributed by atoms with Crippen LogP contribution >= 0.6 is 0 Å². The molecule has 32 heavy (non-hydrogen) atoms. The number of hydrogen-bond acceptors (Lipinski definition) is 5. The van der Waals surface area contributed by atoms with Crippen molar-refractivity contribution in [1.29, 1.82) is 0 Å². The Morgan fingerprint density at radius 2 is 1.91 bits per heavy atom. The number of nitrogens with one attached hydrogen (secondary N) is 2. The van der Waals surface area contributed by atoms with Gasteiger partial charge in [0, 0.05) is 25.4 Å². The Morgan fingerprint density at radius 1 is 1.16 bits per heavy atom. The molecule has 1 aromatic heterocycles. The first kappa shape index (κ1) is 23.7. The van der Waals surface area contributed by atoms with E-state index in [0.29, 0.717) is 30.5 Å². The van der Waals surface area contributed by atoms with Gasteiger partial charge in [-0.3, -0.25) is 0 Å². The lowest BCUT2D eigenvalue weighted by molar-refractivity contribution is -0.0498. The first-order chi connectivity index (χ1) is 15.5. The molecule has 1 heterocycles. The highest BCUT2D eigenvalue weighted by Crippen LogP contribution is 2.23. The molecule has 1 fully saturated rings. The summed E-state index contributed by atoms with van der Waals surface area (Å²) < 4.78 is 34.7. The summed E-state index contributed by atoms with van der Waals surface area (Å²) >= 11 is 0. The maximum absolute atomic E-state index is 12.2. The molecule has 3 rings (SSSR count). The van der Waals surface area contributed by atoms with Gasteiger partial charge in [0.1, 0.15) is 11.9 Å². The number of ether oxygens (including phenoxy) is 2. The van der Waals surface area contributed by atoms with Crippen molar-refractivity contribution in [1.82, 2.24) is 15.6 Å². The molecule has 1 saturated carbocycles. The number of aliphatic hydroxyl groups is 1. The van der Waals surface area contributed by atoms with Gasteiger partial charge >= 0.3 is 6.61 Å². The predicted molar refractivity (Wildman–Crippen MR) is 118 cm³/mol. The van der Waals surface area contributed by atoms with Gasteiger partial charge in [-0.25, -0.2) is 9.98 Å². The van der Waals surface area contributed by atoms with Crippen LogP contribution in [0.5, 0.6) is 11.6 Å². The highest BCUT2D eigenvalue weighted by molar-refractivity contribution is 5.79. The third-order valence-corrected chi connectivity index (χ3v) is 5.10. The highest BCUT2D eigenvalue weighted by atomic mass is 19.3. The van der Waals surface area contributed by atoms with Crippen molar-refractivity contribution in [2.45, 2.75) is 58.0 Å². The Labute approximate surface area is 186 Å². The smallest absolute Gasteiger partial charge is 0.387 e. The van der Waals surface area contributed by atoms with Crippen LogP contribution in [0.1, 0.15) is 49.8 Å². The monoisotopic (exact) mass is 448 g/mol. The second-order valence-corrected chi connectivity index (χ2v) is 7.57. The molecular formula is C23H30F2N4O3. The number of pyridine rings is 1. The van der Waals surface area contributed by atoms with E-state index in [2.05, 4.69) is 25.3 Å². The van der Waals surface area contributed by atoms with E-state index in [4.69, 9.17) is 4.74 Å². The van der Waals surface area contributed by atoms with Gasteiger partial charge in [-0.1, -0.05) is 18.2 Å². The van der Waals surface area contributed by atoms with Crippen molar-refractivity contribution in [2.75, 3.05) is 13.1 Å². The number of guanidine groups is 1. The molecule has 174 valence electrons. The molecule has 0 radical (unpaired) electrons. The fourth-order valence-electron chi connectivity index (χ4n) is 3.45. The molecule has 1 aliphatic carbocycles. The molecule has 2 aromatic rings. The molecule has 1 aromatic carbocycles. The van der Waals surface area contributed by atoms with Gasteiger partial charge in [0.25, 0.3) is 0 Å². The van der Waals surface area contributed by atoms with Crippen molar-refractivity contribution < 1.29 is 23.4 Å². The maximum Gasteiger partial charge on any atom is 0.387 e. The van der Waals surface area contributed by atoms with E-state index < -0.39 is 12.7 Å². The van der Waals surface area contributed by atoms with Gasteiger partial charge in [0.05, 0.1) is 12.6 Å². The summed E-state index contributed by atoms with van der Waals surface area (Å²) in [6.07, 6.45) is 5.80. The van der Waals surface area contributed by atoms with E-state index in [1.807, 2.05) is 19.1 Å². The quantitative estimate of drug-likeness (QED) is 0.379. The lowest BCUT2D eigenvalue weighted by Crippen LogP contribution is -2.39. The number of halogens is 2. The van der Waals surface area contributed by atoms with Gasteiger partial charge in [-0.15, -0.1) is 0 Å². The molecule has 3 N–H and O–H groups in total. The summed E-state index contributed by atoms with van der Waals surface area (Å²) in [4.78, 5) is 8.90. The Morgan fingerprint density at radius 3 is 2.53 bits per heavy atom. The second-order valence-electron chi connectivity index (χ2n) is 7.57. The molecule has 1 aliphatic rings. The molecule has 9 heteroatoms. The molecule has 0 saturated heterocycles.